The molecule has 0 amide bonds. The van der Waals surface area contributed by atoms with E-state index in [1.165, 1.54) is 11.1 Å². The number of benzene rings is 1. The van der Waals surface area contributed by atoms with Crippen molar-refractivity contribution in [1.29, 1.82) is 5.26 Å². The maximum Gasteiger partial charge on any atom is 0.133 e. The Morgan fingerprint density at radius 3 is 2.73 bits per heavy atom. The lowest BCUT2D eigenvalue weighted by Gasteiger charge is -2.18. The summed E-state index contributed by atoms with van der Waals surface area (Å²) in [5.74, 6) is 0. The van der Waals surface area contributed by atoms with Crippen molar-refractivity contribution in [1.82, 2.24) is 4.90 Å². The Bertz CT molecular complexity index is 357. The van der Waals surface area contributed by atoms with Gasteiger partial charge >= 0.3 is 0 Å². The molecule has 0 saturated heterocycles. The molecule has 1 aromatic carbocycles. The van der Waals surface area contributed by atoms with Gasteiger partial charge in [-0.05, 0) is 25.1 Å². The smallest absolute Gasteiger partial charge is 0.133 e. The van der Waals surface area contributed by atoms with Crippen LogP contribution in [0, 0.1) is 18.3 Å². The molecule has 0 fully saturated rings. The minimum Gasteiger partial charge on any atom is -0.300 e. The van der Waals surface area contributed by atoms with Crippen molar-refractivity contribution in [2.45, 2.75) is 18.8 Å². The highest BCUT2D eigenvalue weighted by Gasteiger charge is 2.08. The first-order chi connectivity index (χ1) is 7.13. The third-order valence-electron chi connectivity index (χ3n) is 2.31. The quantitative estimate of drug-likeness (QED) is 0.733. The minimum absolute atomic E-state index is 0.431. The van der Waals surface area contributed by atoms with Crippen LogP contribution in [-0.2, 0) is 6.54 Å². The van der Waals surface area contributed by atoms with Gasteiger partial charge in [-0.25, -0.2) is 0 Å². The maximum absolute atomic E-state index is 8.60. The van der Waals surface area contributed by atoms with E-state index in [0.717, 1.165) is 6.54 Å². The zero-order valence-electron chi connectivity index (χ0n) is 9.07. The number of aryl methyl sites for hydroxylation is 1. The van der Waals surface area contributed by atoms with Gasteiger partial charge in [0.1, 0.15) is 5.38 Å². The van der Waals surface area contributed by atoms with Crippen LogP contribution in [-0.4, -0.2) is 23.9 Å². The number of hydrogen-bond donors (Lipinski definition) is 0. The molecule has 0 bridgehead atoms. The first kappa shape index (κ1) is 12.0. The predicted octanol–water partition coefficient (Wildman–Crippen LogP) is 2.56. The first-order valence-corrected chi connectivity index (χ1v) is 5.34. The highest BCUT2D eigenvalue weighted by atomic mass is 35.5. The SMILES string of the molecule is Cc1ccccc1CN(C)CC(Cl)C#N. The third kappa shape index (κ3) is 3.91. The van der Waals surface area contributed by atoms with Gasteiger partial charge in [-0.15, -0.1) is 11.6 Å². The van der Waals surface area contributed by atoms with Crippen molar-refractivity contribution in [3.05, 3.63) is 35.4 Å². The van der Waals surface area contributed by atoms with Gasteiger partial charge in [0, 0.05) is 13.1 Å². The summed E-state index contributed by atoms with van der Waals surface area (Å²) in [5, 5.41) is 8.16. The molecule has 1 unspecified atom stereocenters. The lowest BCUT2D eigenvalue weighted by Crippen LogP contribution is -2.25. The van der Waals surface area contributed by atoms with Crippen molar-refractivity contribution >= 4 is 11.6 Å². The lowest BCUT2D eigenvalue weighted by atomic mass is 10.1. The molecule has 0 heterocycles. The van der Waals surface area contributed by atoms with E-state index in [1.54, 1.807) is 0 Å². The summed E-state index contributed by atoms with van der Waals surface area (Å²) < 4.78 is 0. The van der Waals surface area contributed by atoms with Gasteiger partial charge in [0.25, 0.3) is 0 Å². The van der Waals surface area contributed by atoms with Crippen LogP contribution in [0.4, 0.5) is 0 Å². The molecule has 0 N–H and O–H groups in total. The number of nitrogens with zero attached hydrogens (tertiary/aromatic N) is 2. The fourth-order valence-electron chi connectivity index (χ4n) is 1.46. The fourth-order valence-corrected chi connectivity index (χ4v) is 1.69. The largest absolute Gasteiger partial charge is 0.300 e. The molecule has 0 aliphatic rings. The van der Waals surface area contributed by atoms with Crippen molar-refractivity contribution in [3.8, 4) is 6.07 Å². The number of nitriles is 1. The standard InChI is InChI=1S/C12H15ClN2/c1-10-5-3-4-6-11(10)8-15(2)9-12(13)7-14/h3-6,12H,8-9H2,1-2H3. The summed E-state index contributed by atoms with van der Waals surface area (Å²) >= 11 is 5.76. The van der Waals surface area contributed by atoms with Crippen LogP contribution in [0.25, 0.3) is 0 Å². The molecule has 0 spiro atoms. The van der Waals surface area contributed by atoms with Crippen molar-refractivity contribution in [3.63, 3.8) is 0 Å². The first-order valence-electron chi connectivity index (χ1n) is 4.90. The zero-order chi connectivity index (χ0) is 11.3. The van der Waals surface area contributed by atoms with Crippen LogP contribution in [0.3, 0.4) is 0 Å². The highest BCUT2D eigenvalue weighted by molar-refractivity contribution is 6.22. The van der Waals surface area contributed by atoms with Crippen LogP contribution in [0.1, 0.15) is 11.1 Å². The normalized spacial score (nSPS) is 12.5. The molecule has 15 heavy (non-hydrogen) atoms. The monoisotopic (exact) mass is 222 g/mol. The van der Waals surface area contributed by atoms with Gasteiger partial charge < -0.3 is 0 Å². The molecule has 3 heteroatoms. The van der Waals surface area contributed by atoms with Crippen molar-refractivity contribution < 1.29 is 0 Å². The second-order valence-corrected chi connectivity index (χ2v) is 4.25. The predicted molar refractivity (Wildman–Crippen MR) is 62.8 cm³/mol. The minimum atomic E-state index is -0.431. The Morgan fingerprint density at radius 2 is 2.13 bits per heavy atom. The molecule has 1 rings (SSSR count). The average molecular weight is 223 g/mol. The maximum atomic E-state index is 8.60. The number of alkyl halides is 1. The number of halogens is 1. The topological polar surface area (TPSA) is 27.0 Å². The third-order valence-corrected chi connectivity index (χ3v) is 2.55. The Kier molecular flexibility index (Phi) is 4.61. The van der Waals surface area contributed by atoms with Crippen LogP contribution in [0.2, 0.25) is 0 Å². The molecule has 0 aromatic heterocycles. The average Bonchev–Trinajstić information content (AvgIpc) is 2.21. The summed E-state index contributed by atoms with van der Waals surface area (Å²) in [6.45, 7) is 3.51. The van der Waals surface area contributed by atoms with Crippen LogP contribution < -0.4 is 0 Å². The molecule has 0 radical (unpaired) electrons. The summed E-state index contributed by atoms with van der Waals surface area (Å²) in [4.78, 5) is 2.06. The van der Waals surface area contributed by atoms with Gasteiger partial charge in [0.05, 0.1) is 6.07 Å². The van der Waals surface area contributed by atoms with Crippen molar-refractivity contribution in [2.24, 2.45) is 0 Å². The van der Waals surface area contributed by atoms with E-state index in [1.807, 2.05) is 25.2 Å². The second kappa shape index (κ2) is 5.75. The molecule has 1 atom stereocenters. The van der Waals surface area contributed by atoms with Gasteiger partial charge in [-0.3, -0.25) is 4.90 Å². The van der Waals surface area contributed by atoms with Crippen LogP contribution in [0.15, 0.2) is 24.3 Å². The number of rotatable bonds is 4. The Balaban J connectivity index is 2.56. The molecule has 0 aliphatic heterocycles. The lowest BCUT2D eigenvalue weighted by molar-refractivity contribution is 0.336. The Morgan fingerprint density at radius 1 is 1.47 bits per heavy atom. The molecule has 80 valence electrons. The van der Waals surface area contributed by atoms with Gasteiger partial charge in [0.2, 0.25) is 0 Å². The van der Waals surface area contributed by atoms with Crippen LogP contribution in [0.5, 0.6) is 0 Å². The van der Waals surface area contributed by atoms with Crippen LogP contribution >= 0.6 is 11.6 Å². The second-order valence-electron chi connectivity index (χ2n) is 3.72. The van der Waals surface area contributed by atoms with E-state index in [9.17, 15) is 0 Å². The van der Waals surface area contributed by atoms with E-state index in [0.29, 0.717) is 6.54 Å². The molecular formula is C12H15ClN2. The molecule has 0 aliphatic carbocycles. The Labute approximate surface area is 96.1 Å². The van der Waals surface area contributed by atoms with Gasteiger partial charge in [-0.2, -0.15) is 5.26 Å². The summed E-state index contributed by atoms with van der Waals surface area (Å²) in [6.07, 6.45) is 0. The fraction of sp³-hybridized carbons (Fsp3) is 0.417. The van der Waals surface area contributed by atoms with E-state index < -0.39 is 5.38 Å². The number of hydrogen-bond acceptors (Lipinski definition) is 2. The van der Waals surface area contributed by atoms with Crippen molar-refractivity contribution in [2.75, 3.05) is 13.6 Å². The van der Waals surface area contributed by atoms with E-state index in [2.05, 4.69) is 24.0 Å². The van der Waals surface area contributed by atoms with Gasteiger partial charge in [0.15, 0.2) is 0 Å². The molecule has 0 saturated carbocycles. The van der Waals surface area contributed by atoms with Gasteiger partial charge in [-0.1, -0.05) is 24.3 Å². The van der Waals surface area contributed by atoms with E-state index in [-0.39, 0.29) is 0 Å². The van der Waals surface area contributed by atoms with E-state index in [4.69, 9.17) is 16.9 Å². The summed E-state index contributed by atoms with van der Waals surface area (Å²) in [5.41, 5.74) is 2.55. The summed E-state index contributed by atoms with van der Waals surface area (Å²) in [6, 6.07) is 10.3. The Hall–Kier alpha value is -1.04. The highest BCUT2D eigenvalue weighted by Crippen LogP contribution is 2.10. The molecule has 1 aromatic rings. The van der Waals surface area contributed by atoms with E-state index >= 15 is 0 Å². The summed E-state index contributed by atoms with van der Waals surface area (Å²) in [7, 11) is 1.97. The molecular weight excluding hydrogens is 208 g/mol. The molecule has 2 nitrogen and oxygen atoms in total. The zero-order valence-corrected chi connectivity index (χ0v) is 9.83.